The minimum absolute atomic E-state index is 0.113. The van der Waals surface area contributed by atoms with Crippen molar-refractivity contribution in [1.29, 1.82) is 0 Å². The fourth-order valence-electron chi connectivity index (χ4n) is 2.76. The molecule has 2 rings (SSSR count). The molecule has 5 heteroatoms. The van der Waals surface area contributed by atoms with E-state index in [-0.39, 0.29) is 17.3 Å². The zero-order valence-corrected chi connectivity index (χ0v) is 14.4. The number of aliphatic hydroxyl groups is 2. The smallest absolute Gasteiger partial charge is 0.129 e. The third-order valence-corrected chi connectivity index (χ3v) is 4.59. The standard InChI is InChI=1S/C18H29FN2O2/c1-18(2,3)17(23)13-21-10-8-20(9-11-21)12-16(22)14-6-4-5-7-15(14)19/h4-7,16-17,22-23H,8-13H2,1-3H3/t16-,17-/m1/s1. The Labute approximate surface area is 138 Å². The van der Waals surface area contributed by atoms with Crippen molar-refractivity contribution < 1.29 is 14.6 Å². The second kappa shape index (κ2) is 7.71. The number of piperazine rings is 1. The van der Waals surface area contributed by atoms with Crippen LogP contribution in [0.2, 0.25) is 0 Å². The van der Waals surface area contributed by atoms with Crippen molar-refractivity contribution >= 4 is 0 Å². The van der Waals surface area contributed by atoms with Gasteiger partial charge in [-0.1, -0.05) is 39.0 Å². The highest BCUT2D eigenvalue weighted by Crippen LogP contribution is 2.21. The van der Waals surface area contributed by atoms with Gasteiger partial charge in [-0.3, -0.25) is 9.80 Å². The first-order valence-electron chi connectivity index (χ1n) is 8.32. The molecule has 0 saturated carbocycles. The fourth-order valence-corrected chi connectivity index (χ4v) is 2.76. The van der Waals surface area contributed by atoms with Crippen LogP contribution in [-0.4, -0.2) is 65.4 Å². The van der Waals surface area contributed by atoms with Gasteiger partial charge in [-0.15, -0.1) is 0 Å². The van der Waals surface area contributed by atoms with Gasteiger partial charge in [0.15, 0.2) is 0 Å². The van der Waals surface area contributed by atoms with E-state index < -0.39 is 6.10 Å². The van der Waals surface area contributed by atoms with E-state index in [0.717, 1.165) is 26.2 Å². The van der Waals surface area contributed by atoms with Gasteiger partial charge in [0, 0.05) is 44.8 Å². The summed E-state index contributed by atoms with van der Waals surface area (Å²) in [6.07, 6.45) is -1.15. The molecule has 0 radical (unpaired) electrons. The minimum atomic E-state index is -0.803. The maximum atomic E-state index is 13.7. The zero-order chi connectivity index (χ0) is 17.0. The van der Waals surface area contributed by atoms with E-state index in [1.54, 1.807) is 18.2 Å². The Hall–Kier alpha value is -1.01. The predicted octanol–water partition coefficient (Wildman–Crippen LogP) is 1.88. The second-order valence-electron chi connectivity index (χ2n) is 7.52. The molecular weight excluding hydrogens is 295 g/mol. The second-order valence-corrected chi connectivity index (χ2v) is 7.52. The summed E-state index contributed by atoms with van der Waals surface area (Å²) < 4.78 is 13.7. The molecular formula is C18H29FN2O2. The van der Waals surface area contributed by atoms with Crippen LogP contribution in [0.15, 0.2) is 24.3 Å². The van der Waals surface area contributed by atoms with Crippen LogP contribution in [0.3, 0.4) is 0 Å². The van der Waals surface area contributed by atoms with Crippen LogP contribution < -0.4 is 0 Å². The van der Waals surface area contributed by atoms with E-state index in [9.17, 15) is 14.6 Å². The molecule has 1 aliphatic heterocycles. The van der Waals surface area contributed by atoms with E-state index in [2.05, 4.69) is 9.80 Å². The van der Waals surface area contributed by atoms with Gasteiger partial charge in [0.25, 0.3) is 0 Å². The SMILES string of the molecule is CC(C)(C)[C@H](O)CN1CCN(C[C@@H](O)c2ccccc2F)CC1. The molecule has 1 aliphatic rings. The molecule has 2 N–H and O–H groups in total. The lowest BCUT2D eigenvalue weighted by atomic mass is 9.89. The van der Waals surface area contributed by atoms with Crippen LogP contribution in [0.5, 0.6) is 0 Å². The Bertz CT molecular complexity index is 496. The minimum Gasteiger partial charge on any atom is -0.391 e. The highest BCUT2D eigenvalue weighted by atomic mass is 19.1. The van der Waals surface area contributed by atoms with Gasteiger partial charge >= 0.3 is 0 Å². The molecule has 23 heavy (non-hydrogen) atoms. The number of halogens is 1. The van der Waals surface area contributed by atoms with Crippen LogP contribution in [0, 0.1) is 11.2 Å². The molecule has 1 aromatic rings. The summed E-state index contributed by atoms with van der Waals surface area (Å²) in [7, 11) is 0. The monoisotopic (exact) mass is 324 g/mol. The molecule has 4 nitrogen and oxygen atoms in total. The average Bonchev–Trinajstić information content (AvgIpc) is 2.48. The first-order chi connectivity index (χ1) is 10.8. The molecule has 0 amide bonds. The number of aliphatic hydroxyl groups excluding tert-OH is 2. The van der Waals surface area contributed by atoms with Crippen molar-refractivity contribution in [2.24, 2.45) is 5.41 Å². The maximum absolute atomic E-state index is 13.7. The predicted molar refractivity (Wildman–Crippen MR) is 89.7 cm³/mol. The lowest BCUT2D eigenvalue weighted by Crippen LogP contribution is -2.50. The summed E-state index contributed by atoms with van der Waals surface area (Å²) in [4.78, 5) is 4.40. The Morgan fingerprint density at radius 3 is 2.04 bits per heavy atom. The molecule has 130 valence electrons. The van der Waals surface area contributed by atoms with E-state index in [4.69, 9.17) is 0 Å². The summed E-state index contributed by atoms with van der Waals surface area (Å²) in [6, 6.07) is 6.39. The van der Waals surface area contributed by atoms with Gasteiger partial charge < -0.3 is 10.2 Å². The van der Waals surface area contributed by atoms with Crippen molar-refractivity contribution in [3.05, 3.63) is 35.6 Å². The fraction of sp³-hybridized carbons (Fsp3) is 0.667. The summed E-state index contributed by atoms with van der Waals surface area (Å²) in [5, 5.41) is 20.4. The molecule has 1 saturated heterocycles. The molecule has 1 fully saturated rings. The van der Waals surface area contributed by atoms with Crippen molar-refractivity contribution in [3.8, 4) is 0 Å². The third kappa shape index (κ3) is 5.24. The Kier molecular flexibility index (Phi) is 6.14. The van der Waals surface area contributed by atoms with Crippen LogP contribution in [-0.2, 0) is 0 Å². The molecule has 2 atom stereocenters. The molecule has 1 heterocycles. The number of hydrogen-bond acceptors (Lipinski definition) is 4. The van der Waals surface area contributed by atoms with Crippen molar-refractivity contribution in [1.82, 2.24) is 9.80 Å². The Balaban J connectivity index is 1.80. The van der Waals surface area contributed by atoms with E-state index in [1.807, 2.05) is 20.8 Å². The summed E-state index contributed by atoms with van der Waals surface area (Å²) in [5.41, 5.74) is 0.246. The quantitative estimate of drug-likeness (QED) is 0.868. The maximum Gasteiger partial charge on any atom is 0.129 e. The Morgan fingerprint density at radius 2 is 1.52 bits per heavy atom. The lowest BCUT2D eigenvalue weighted by Gasteiger charge is -2.38. The number of hydrogen-bond donors (Lipinski definition) is 2. The van der Waals surface area contributed by atoms with Gasteiger partial charge in [-0.25, -0.2) is 4.39 Å². The summed E-state index contributed by atoms with van der Waals surface area (Å²) in [6.45, 7) is 10.6. The average molecular weight is 324 g/mol. The number of β-amino-alcohol motifs (C(OH)–C–C–N with tert-alkyl or cyclic N) is 2. The van der Waals surface area contributed by atoms with Crippen LogP contribution in [0.4, 0.5) is 4.39 Å². The van der Waals surface area contributed by atoms with Gasteiger partial charge in [0.1, 0.15) is 5.82 Å². The number of nitrogens with zero attached hydrogens (tertiary/aromatic N) is 2. The van der Waals surface area contributed by atoms with Crippen molar-refractivity contribution in [3.63, 3.8) is 0 Å². The van der Waals surface area contributed by atoms with Crippen LogP contribution in [0.1, 0.15) is 32.4 Å². The van der Waals surface area contributed by atoms with Gasteiger partial charge in [-0.05, 0) is 11.5 Å². The van der Waals surface area contributed by atoms with Crippen LogP contribution in [0.25, 0.3) is 0 Å². The molecule has 1 aromatic carbocycles. The third-order valence-electron chi connectivity index (χ3n) is 4.59. The first-order valence-corrected chi connectivity index (χ1v) is 8.32. The van der Waals surface area contributed by atoms with E-state index >= 15 is 0 Å². The topological polar surface area (TPSA) is 46.9 Å². The van der Waals surface area contributed by atoms with Gasteiger partial charge in [0.05, 0.1) is 12.2 Å². The summed E-state index contributed by atoms with van der Waals surface area (Å²) in [5.74, 6) is -0.355. The zero-order valence-electron chi connectivity index (χ0n) is 14.4. The van der Waals surface area contributed by atoms with E-state index in [1.165, 1.54) is 6.07 Å². The van der Waals surface area contributed by atoms with E-state index in [0.29, 0.717) is 18.7 Å². The normalized spacial score (nSPS) is 20.4. The molecule has 0 spiro atoms. The largest absolute Gasteiger partial charge is 0.391 e. The lowest BCUT2D eigenvalue weighted by molar-refractivity contribution is 0.00697. The highest BCUT2D eigenvalue weighted by Gasteiger charge is 2.27. The number of rotatable bonds is 5. The Morgan fingerprint density at radius 1 is 1.00 bits per heavy atom. The first kappa shape index (κ1) is 18.3. The van der Waals surface area contributed by atoms with Crippen molar-refractivity contribution in [2.75, 3.05) is 39.3 Å². The molecule has 0 aromatic heterocycles. The molecule has 0 aliphatic carbocycles. The summed E-state index contributed by atoms with van der Waals surface area (Å²) >= 11 is 0. The van der Waals surface area contributed by atoms with Gasteiger partial charge in [-0.2, -0.15) is 0 Å². The van der Waals surface area contributed by atoms with Crippen LogP contribution >= 0.6 is 0 Å². The highest BCUT2D eigenvalue weighted by molar-refractivity contribution is 5.20. The molecule has 0 unspecified atom stereocenters. The van der Waals surface area contributed by atoms with Gasteiger partial charge in [0.2, 0.25) is 0 Å². The van der Waals surface area contributed by atoms with Crippen molar-refractivity contribution in [2.45, 2.75) is 33.0 Å². The number of benzene rings is 1. The molecule has 0 bridgehead atoms.